The van der Waals surface area contributed by atoms with Crippen LogP contribution >= 0.6 is 22.9 Å². The Morgan fingerprint density at radius 2 is 2.27 bits per heavy atom. The van der Waals surface area contributed by atoms with Gasteiger partial charge in [0.25, 0.3) is 0 Å². The van der Waals surface area contributed by atoms with Crippen molar-refractivity contribution in [3.63, 3.8) is 0 Å². The Morgan fingerprint density at radius 3 is 2.80 bits per heavy atom. The van der Waals surface area contributed by atoms with Gasteiger partial charge >= 0.3 is 5.97 Å². The van der Waals surface area contributed by atoms with Gasteiger partial charge in [-0.25, -0.2) is 0 Å². The van der Waals surface area contributed by atoms with E-state index in [1.165, 1.54) is 4.88 Å². The van der Waals surface area contributed by atoms with Crippen molar-refractivity contribution in [2.45, 2.75) is 31.7 Å². The maximum absolute atomic E-state index is 10.4. The van der Waals surface area contributed by atoms with Crippen LogP contribution in [0.15, 0.2) is 12.1 Å². The van der Waals surface area contributed by atoms with E-state index in [9.17, 15) is 4.79 Å². The van der Waals surface area contributed by atoms with Crippen LogP contribution in [0.1, 0.15) is 24.1 Å². The first-order valence-electron chi connectivity index (χ1n) is 4.82. The predicted octanol–water partition coefficient (Wildman–Crippen LogP) is 2.53. The number of rotatable bonds is 6. The van der Waals surface area contributed by atoms with E-state index in [0.717, 1.165) is 23.6 Å². The summed E-state index contributed by atoms with van der Waals surface area (Å²) >= 11 is 7.36. The Kier molecular flexibility index (Phi) is 5.08. The molecule has 0 aliphatic rings. The van der Waals surface area contributed by atoms with Crippen LogP contribution in [-0.4, -0.2) is 17.1 Å². The topological polar surface area (TPSA) is 63.3 Å². The lowest BCUT2D eigenvalue weighted by atomic mass is 10.1. The zero-order chi connectivity index (χ0) is 11.3. The van der Waals surface area contributed by atoms with Crippen LogP contribution in [-0.2, 0) is 11.2 Å². The highest BCUT2D eigenvalue weighted by atomic mass is 35.5. The van der Waals surface area contributed by atoms with Crippen molar-refractivity contribution >= 4 is 28.9 Å². The van der Waals surface area contributed by atoms with Crippen LogP contribution in [0.4, 0.5) is 0 Å². The van der Waals surface area contributed by atoms with E-state index < -0.39 is 12.0 Å². The third kappa shape index (κ3) is 4.64. The second-order valence-corrected chi connectivity index (χ2v) is 5.20. The van der Waals surface area contributed by atoms with Crippen molar-refractivity contribution in [1.29, 1.82) is 0 Å². The zero-order valence-corrected chi connectivity index (χ0v) is 9.85. The maximum atomic E-state index is 10.4. The molecule has 1 unspecified atom stereocenters. The van der Waals surface area contributed by atoms with E-state index >= 15 is 0 Å². The predicted molar refractivity (Wildman–Crippen MR) is 62.5 cm³/mol. The van der Waals surface area contributed by atoms with E-state index in [1.54, 1.807) is 11.3 Å². The fourth-order valence-corrected chi connectivity index (χ4v) is 2.40. The van der Waals surface area contributed by atoms with Gasteiger partial charge in [-0.2, -0.15) is 0 Å². The van der Waals surface area contributed by atoms with E-state index in [1.807, 2.05) is 12.1 Å². The van der Waals surface area contributed by atoms with E-state index in [4.69, 9.17) is 22.4 Å². The molecule has 1 rings (SSSR count). The molecule has 3 nitrogen and oxygen atoms in total. The molecule has 5 heteroatoms. The van der Waals surface area contributed by atoms with Gasteiger partial charge in [-0.05, 0) is 31.4 Å². The molecule has 0 aliphatic heterocycles. The number of carboxylic acids is 1. The lowest BCUT2D eigenvalue weighted by Crippen LogP contribution is -2.29. The number of aryl methyl sites for hydroxylation is 1. The summed E-state index contributed by atoms with van der Waals surface area (Å²) < 4.78 is 0.798. The quantitative estimate of drug-likeness (QED) is 0.760. The van der Waals surface area contributed by atoms with E-state index in [-0.39, 0.29) is 0 Å². The summed E-state index contributed by atoms with van der Waals surface area (Å²) in [6.07, 6.45) is 3.28. The van der Waals surface area contributed by atoms with Gasteiger partial charge in [-0.3, -0.25) is 4.79 Å². The summed E-state index contributed by atoms with van der Waals surface area (Å²) in [6, 6.07) is 3.16. The molecule has 0 fully saturated rings. The molecule has 0 spiro atoms. The fraction of sp³-hybridized carbons (Fsp3) is 0.500. The van der Waals surface area contributed by atoms with Gasteiger partial charge in [-0.1, -0.05) is 18.0 Å². The average molecular weight is 248 g/mol. The molecule has 0 radical (unpaired) electrons. The molecule has 1 atom stereocenters. The fourth-order valence-electron chi connectivity index (χ4n) is 1.27. The van der Waals surface area contributed by atoms with E-state index in [0.29, 0.717) is 6.42 Å². The first-order chi connectivity index (χ1) is 7.09. The molecule has 1 aromatic rings. The molecule has 84 valence electrons. The minimum Gasteiger partial charge on any atom is -0.480 e. The highest BCUT2D eigenvalue weighted by Crippen LogP contribution is 2.23. The van der Waals surface area contributed by atoms with Gasteiger partial charge < -0.3 is 10.8 Å². The number of aliphatic carboxylic acids is 1. The van der Waals surface area contributed by atoms with Gasteiger partial charge in [0, 0.05) is 4.88 Å². The number of unbranched alkanes of at least 4 members (excludes halogenated alkanes) is 1. The number of halogens is 1. The highest BCUT2D eigenvalue weighted by molar-refractivity contribution is 7.16. The Hall–Kier alpha value is -0.580. The van der Waals surface area contributed by atoms with Crippen molar-refractivity contribution in [2.75, 3.05) is 0 Å². The Balaban J connectivity index is 2.14. The van der Waals surface area contributed by atoms with E-state index in [2.05, 4.69) is 0 Å². The normalized spacial score (nSPS) is 12.7. The lowest BCUT2D eigenvalue weighted by molar-refractivity contribution is -0.138. The summed E-state index contributed by atoms with van der Waals surface area (Å²) in [5, 5.41) is 8.56. The molecule has 1 heterocycles. The summed E-state index contributed by atoms with van der Waals surface area (Å²) in [5.41, 5.74) is 5.38. The van der Waals surface area contributed by atoms with Crippen LogP contribution in [0, 0.1) is 0 Å². The molecule has 3 N–H and O–H groups in total. The number of carbonyl (C=O) groups is 1. The molecule has 0 saturated heterocycles. The molecular weight excluding hydrogens is 234 g/mol. The molecule has 0 saturated carbocycles. The number of hydrogen-bond donors (Lipinski definition) is 2. The first-order valence-corrected chi connectivity index (χ1v) is 6.01. The van der Waals surface area contributed by atoms with Crippen molar-refractivity contribution in [1.82, 2.24) is 0 Å². The highest BCUT2D eigenvalue weighted by Gasteiger charge is 2.10. The second kappa shape index (κ2) is 6.10. The zero-order valence-electron chi connectivity index (χ0n) is 8.28. The number of carboxylic acid groups (broad SMARTS) is 1. The Bertz CT molecular complexity index is 327. The van der Waals surface area contributed by atoms with Crippen molar-refractivity contribution < 1.29 is 9.90 Å². The van der Waals surface area contributed by atoms with Gasteiger partial charge in [0.15, 0.2) is 0 Å². The molecular formula is C10H14ClNO2S. The summed E-state index contributed by atoms with van der Waals surface area (Å²) in [5.74, 6) is -0.922. The van der Waals surface area contributed by atoms with Crippen LogP contribution in [0.2, 0.25) is 4.34 Å². The minimum absolute atomic E-state index is 0.536. The first kappa shape index (κ1) is 12.5. The minimum atomic E-state index is -0.922. The standard InChI is InChI=1S/C10H14ClNO2S/c11-9-6-5-7(15-9)3-1-2-4-8(12)10(13)14/h5-6,8H,1-4,12H2,(H,13,14). The molecule has 0 bridgehead atoms. The largest absolute Gasteiger partial charge is 0.480 e. The van der Waals surface area contributed by atoms with Gasteiger partial charge in [0.05, 0.1) is 4.34 Å². The summed E-state index contributed by atoms with van der Waals surface area (Å²) in [7, 11) is 0. The van der Waals surface area contributed by atoms with Crippen LogP contribution in [0.25, 0.3) is 0 Å². The van der Waals surface area contributed by atoms with Crippen LogP contribution in [0.3, 0.4) is 0 Å². The molecule has 0 aromatic carbocycles. The second-order valence-electron chi connectivity index (χ2n) is 3.40. The van der Waals surface area contributed by atoms with Crippen molar-refractivity contribution in [3.8, 4) is 0 Å². The summed E-state index contributed by atoms with van der Waals surface area (Å²) in [6.45, 7) is 0. The van der Waals surface area contributed by atoms with Gasteiger partial charge in [0.1, 0.15) is 6.04 Å². The van der Waals surface area contributed by atoms with Crippen molar-refractivity contribution in [3.05, 3.63) is 21.3 Å². The lowest BCUT2D eigenvalue weighted by Gasteiger charge is -2.04. The molecule has 15 heavy (non-hydrogen) atoms. The SMILES string of the molecule is NC(CCCCc1ccc(Cl)s1)C(=O)O. The molecule has 1 aromatic heterocycles. The number of hydrogen-bond acceptors (Lipinski definition) is 3. The molecule has 0 amide bonds. The van der Waals surface area contributed by atoms with Crippen LogP contribution in [0.5, 0.6) is 0 Å². The van der Waals surface area contributed by atoms with Crippen LogP contribution < -0.4 is 5.73 Å². The summed E-state index contributed by atoms with van der Waals surface area (Å²) in [4.78, 5) is 11.7. The number of nitrogens with two attached hydrogens (primary N) is 1. The third-order valence-corrected chi connectivity index (χ3v) is 3.43. The Labute approximate surface area is 97.9 Å². The van der Waals surface area contributed by atoms with Crippen molar-refractivity contribution in [2.24, 2.45) is 5.73 Å². The third-order valence-electron chi connectivity index (χ3n) is 2.13. The maximum Gasteiger partial charge on any atom is 0.320 e. The average Bonchev–Trinajstić information content (AvgIpc) is 2.58. The van der Waals surface area contributed by atoms with Gasteiger partial charge in [0.2, 0.25) is 0 Å². The van der Waals surface area contributed by atoms with Gasteiger partial charge in [-0.15, -0.1) is 11.3 Å². The number of thiophene rings is 1. The monoisotopic (exact) mass is 247 g/mol. The smallest absolute Gasteiger partial charge is 0.320 e. The Morgan fingerprint density at radius 1 is 1.53 bits per heavy atom. The molecule has 0 aliphatic carbocycles.